The van der Waals surface area contributed by atoms with E-state index >= 15 is 0 Å². The van der Waals surface area contributed by atoms with E-state index in [1.165, 1.54) is 17.3 Å². The Hall–Kier alpha value is -2.27. The van der Waals surface area contributed by atoms with Crippen LogP contribution in [0, 0.1) is 5.41 Å². The summed E-state index contributed by atoms with van der Waals surface area (Å²) in [5.74, 6) is -0.477. The van der Waals surface area contributed by atoms with Crippen molar-refractivity contribution in [2.75, 3.05) is 0 Å². The number of rotatable bonds is 5. The molecule has 2 aromatic rings. The molecule has 1 aromatic carbocycles. The van der Waals surface area contributed by atoms with Gasteiger partial charge in [0.15, 0.2) is 11.6 Å². The van der Waals surface area contributed by atoms with Gasteiger partial charge < -0.3 is 0 Å². The highest BCUT2D eigenvalue weighted by molar-refractivity contribution is 6.30. The van der Waals surface area contributed by atoms with Gasteiger partial charge >= 0.3 is 0 Å². The largest absolute Gasteiger partial charge is 0.294 e. The number of aromatic nitrogens is 3. The van der Waals surface area contributed by atoms with Gasteiger partial charge in [0.25, 0.3) is 0 Å². The third kappa shape index (κ3) is 3.74. The molecule has 0 fully saturated rings. The molecule has 2 rings (SSSR count). The molecule has 5 nitrogen and oxygen atoms in total. The van der Waals surface area contributed by atoms with Gasteiger partial charge in [0.05, 0.1) is 0 Å². The lowest BCUT2D eigenvalue weighted by Gasteiger charge is -2.23. The number of halogens is 1. The molecular formula is C17H18ClN3O2. The molecule has 23 heavy (non-hydrogen) atoms. The summed E-state index contributed by atoms with van der Waals surface area (Å²) >= 11 is 5.86. The maximum atomic E-state index is 12.9. The highest BCUT2D eigenvalue weighted by Gasteiger charge is 2.34. The van der Waals surface area contributed by atoms with Crippen molar-refractivity contribution in [3.8, 4) is 0 Å². The summed E-state index contributed by atoms with van der Waals surface area (Å²) < 4.78 is 1.35. The van der Waals surface area contributed by atoms with Crippen LogP contribution in [0.4, 0.5) is 0 Å². The van der Waals surface area contributed by atoms with Gasteiger partial charge in [-0.3, -0.25) is 9.59 Å². The van der Waals surface area contributed by atoms with E-state index in [4.69, 9.17) is 11.6 Å². The first-order chi connectivity index (χ1) is 10.7. The Balaban J connectivity index is 2.43. The van der Waals surface area contributed by atoms with Crippen LogP contribution in [0.1, 0.15) is 37.2 Å². The topological polar surface area (TPSA) is 64.8 Å². The van der Waals surface area contributed by atoms with E-state index < -0.39 is 11.5 Å². The van der Waals surface area contributed by atoms with E-state index in [-0.39, 0.29) is 17.1 Å². The maximum absolute atomic E-state index is 12.9. The molecule has 1 aromatic heterocycles. The van der Waals surface area contributed by atoms with Gasteiger partial charge in [-0.05, 0) is 24.3 Å². The van der Waals surface area contributed by atoms with Gasteiger partial charge in [0, 0.05) is 21.6 Å². The van der Waals surface area contributed by atoms with Crippen molar-refractivity contribution in [1.29, 1.82) is 0 Å². The number of hydrogen-bond acceptors (Lipinski definition) is 4. The van der Waals surface area contributed by atoms with Crippen molar-refractivity contribution >= 4 is 23.2 Å². The normalized spacial score (nSPS) is 12.7. The first-order valence-corrected chi connectivity index (χ1v) is 7.47. The minimum absolute atomic E-state index is 0.183. The summed E-state index contributed by atoms with van der Waals surface area (Å²) in [5, 5.41) is 4.54. The SMILES string of the molecule is C=C(C(=O)C(C)(C)C)C(C(=O)c1ccc(Cl)cc1)n1cncn1. The fourth-order valence-electron chi connectivity index (χ4n) is 2.17. The molecule has 1 heterocycles. The second-order valence-corrected chi connectivity index (χ2v) is 6.69. The predicted molar refractivity (Wildman–Crippen MR) is 88.4 cm³/mol. The van der Waals surface area contributed by atoms with Crippen LogP contribution < -0.4 is 0 Å². The van der Waals surface area contributed by atoms with Crippen LogP contribution in [0.5, 0.6) is 0 Å². The first kappa shape index (κ1) is 17.1. The van der Waals surface area contributed by atoms with E-state index in [0.717, 1.165) is 0 Å². The van der Waals surface area contributed by atoms with Gasteiger partial charge in [-0.25, -0.2) is 9.67 Å². The molecule has 6 heteroatoms. The minimum Gasteiger partial charge on any atom is -0.294 e. The van der Waals surface area contributed by atoms with E-state index in [0.29, 0.717) is 10.6 Å². The van der Waals surface area contributed by atoms with Crippen LogP contribution in [0.15, 0.2) is 49.1 Å². The summed E-state index contributed by atoms with van der Waals surface area (Å²) in [5.41, 5.74) is -0.0309. The van der Waals surface area contributed by atoms with Gasteiger partial charge in [-0.2, -0.15) is 5.10 Å². The van der Waals surface area contributed by atoms with Crippen LogP contribution >= 0.6 is 11.6 Å². The number of carbonyl (C=O) groups is 2. The third-order valence-corrected chi connectivity index (χ3v) is 3.63. The zero-order chi connectivity index (χ0) is 17.2. The number of benzene rings is 1. The Kier molecular flexibility index (Phi) is 4.80. The zero-order valence-electron chi connectivity index (χ0n) is 13.3. The van der Waals surface area contributed by atoms with Crippen LogP contribution in [0.25, 0.3) is 0 Å². The van der Waals surface area contributed by atoms with Crippen molar-refractivity contribution in [2.24, 2.45) is 5.41 Å². The Bertz CT molecular complexity index is 728. The Morgan fingerprint density at radius 1 is 1.22 bits per heavy atom. The molecule has 0 aliphatic heterocycles. The van der Waals surface area contributed by atoms with E-state index in [2.05, 4.69) is 16.7 Å². The average Bonchev–Trinajstić information content (AvgIpc) is 3.00. The van der Waals surface area contributed by atoms with Crippen LogP contribution in [0.2, 0.25) is 5.02 Å². The maximum Gasteiger partial charge on any atom is 0.192 e. The highest BCUT2D eigenvalue weighted by Crippen LogP contribution is 2.28. The first-order valence-electron chi connectivity index (χ1n) is 7.09. The molecule has 0 saturated carbocycles. The number of carbonyl (C=O) groups excluding carboxylic acids is 2. The van der Waals surface area contributed by atoms with Crippen LogP contribution in [-0.2, 0) is 4.79 Å². The van der Waals surface area contributed by atoms with Gasteiger partial charge in [-0.15, -0.1) is 0 Å². The summed E-state index contributed by atoms with van der Waals surface area (Å²) in [6, 6.07) is 5.56. The zero-order valence-corrected chi connectivity index (χ0v) is 14.0. The monoisotopic (exact) mass is 331 g/mol. The van der Waals surface area contributed by atoms with E-state index in [1.807, 2.05) is 0 Å². The lowest BCUT2D eigenvalue weighted by atomic mass is 9.82. The molecule has 0 aliphatic rings. The number of Topliss-reactive ketones (excluding diaryl/α,β-unsaturated/α-hetero) is 2. The van der Waals surface area contributed by atoms with Crippen LogP contribution in [-0.4, -0.2) is 26.3 Å². The lowest BCUT2D eigenvalue weighted by Crippen LogP contribution is -2.31. The molecule has 1 atom stereocenters. The van der Waals surface area contributed by atoms with Crippen molar-refractivity contribution in [2.45, 2.75) is 26.8 Å². The highest BCUT2D eigenvalue weighted by atomic mass is 35.5. The number of nitrogens with zero attached hydrogens (tertiary/aromatic N) is 3. The minimum atomic E-state index is -0.926. The number of allylic oxidation sites excluding steroid dienone is 1. The van der Waals surface area contributed by atoms with Gasteiger partial charge in [0.1, 0.15) is 18.7 Å². The molecule has 0 bridgehead atoms. The molecule has 1 unspecified atom stereocenters. The predicted octanol–water partition coefficient (Wildman–Crippen LogP) is 3.53. The summed E-state index contributed by atoms with van der Waals surface area (Å²) in [6.07, 6.45) is 2.72. The Morgan fingerprint density at radius 3 is 2.30 bits per heavy atom. The Morgan fingerprint density at radius 2 is 1.83 bits per heavy atom. The standard InChI is InChI=1S/C17H18ClN3O2/c1-11(16(23)17(2,3)4)14(21-10-19-9-20-21)15(22)12-5-7-13(18)8-6-12/h5-10,14H,1H2,2-4H3. The molecule has 0 amide bonds. The molecule has 0 N–H and O–H groups in total. The van der Waals surface area contributed by atoms with Crippen molar-refractivity contribution in [3.63, 3.8) is 0 Å². The summed E-state index contributed by atoms with van der Waals surface area (Å²) in [7, 11) is 0. The fourth-order valence-corrected chi connectivity index (χ4v) is 2.29. The molecule has 120 valence electrons. The summed E-state index contributed by atoms with van der Waals surface area (Å²) in [4.78, 5) is 29.3. The van der Waals surface area contributed by atoms with Crippen molar-refractivity contribution in [3.05, 3.63) is 59.7 Å². The fraction of sp³-hybridized carbons (Fsp3) is 0.294. The van der Waals surface area contributed by atoms with E-state index in [9.17, 15) is 9.59 Å². The second-order valence-electron chi connectivity index (χ2n) is 6.25. The van der Waals surface area contributed by atoms with Crippen LogP contribution in [0.3, 0.4) is 0 Å². The number of hydrogen-bond donors (Lipinski definition) is 0. The lowest BCUT2D eigenvalue weighted by molar-refractivity contribution is -0.122. The summed E-state index contributed by atoms with van der Waals surface area (Å²) in [6.45, 7) is 9.21. The average molecular weight is 332 g/mol. The molecule has 0 spiro atoms. The molecule has 0 radical (unpaired) electrons. The van der Waals surface area contributed by atoms with Gasteiger partial charge in [-0.1, -0.05) is 39.0 Å². The van der Waals surface area contributed by atoms with E-state index in [1.54, 1.807) is 45.0 Å². The smallest absolute Gasteiger partial charge is 0.192 e. The van der Waals surface area contributed by atoms with Crippen molar-refractivity contribution in [1.82, 2.24) is 14.8 Å². The molecular weight excluding hydrogens is 314 g/mol. The van der Waals surface area contributed by atoms with Gasteiger partial charge in [0.2, 0.25) is 0 Å². The Labute approximate surface area is 140 Å². The molecule has 0 saturated heterocycles. The quantitative estimate of drug-likeness (QED) is 0.621. The third-order valence-electron chi connectivity index (χ3n) is 3.38. The second kappa shape index (κ2) is 6.46. The molecule has 0 aliphatic carbocycles. The van der Waals surface area contributed by atoms with Crippen molar-refractivity contribution < 1.29 is 9.59 Å². The number of ketones is 2.